The molecule has 0 bridgehead atoms. The number of benzene rings is 1. The molecule has 0 atom stereocenters. The average Bonchev–Trinajstić information content (AvgIpc) is 2.53. The smallest absolute Gasteiger partial charge is 0.174 e. The molecule has 2 aromatic rings. The van der Waals surface area contributed by atoms with Gasteiger partial charge in [-0.1, -0.05) is 18.2 Å². The molecule has 0 aliphatic heterocycles. The SMILES string of the molecule is COc1cccnc1NC(=S)NCCSc1ccccc1. The van der Waals surface area contributed by atoms with Crippen LogP contribution in [0.2, 0.25) is 0 Å². The fourth-order valence-corrected chi connectivity index (χ4v) is 2.64. The van der Waals surface area contributed by atoms with Gasteiger partial charge in [-0.25, -0.2) is 4.98 Å². The van der Waals surface area contributed by atoms with E-state index in [0.29, 0.717) is 16.7 Å². The summed E-state index contributed by atoms with van der Waals surface area (Å²) < 4.78 is 5.21. The Labute approximate surface area is 134 Å². The molecule has 0 radical (unpaired) electrons. The van der Waals surface area contributed by atoms with E-state index in [4.69, 9.17) is 17.0 Å². The Morgan fingerprint density at radius 1 is 1.24 bits per heavy atom. The van der Waals surface area contributed by atoms with Crippen LogP contribution < -0.4 is 15.4 Å². The molecule has 0 aliphatic rings. The lowest BCUT2D eigenvalue weighted by atomic mass is 10.4. The van der Waals surface area contributed by atoms with E-state index >= 15 is 0 Å². The normalized spacial score (nSPS) is 9.95. The molecule has 0 fully saturated rings. The van der Waals surface area contributed by atoms with Crippen LogP contribution in [0.25, 0.3) is 0 Å². The van der Waals surface area contributed by atoms with Crippen molar-refractivity contribution in [3.05, 3.63) is 48.7 Å². The van der Waals surface area contributed by atoms with Gasteiger partial charge in [0.05, 0.1) is 7.11 Å². The fourth-order valence-electron chi connectivity index (χ4n) is 1.65. The molecule has 0 spiro atoms. The summed E-state index contributed by atoms with van der Waals surface area (Å²) in [4.78, 5) is 5.45. The topological polar surface area (TPSA) is 46.2 Å². The van der Waals surface area contributed by atoms with Gasteiger partial charge in [0.1, 0.15) is 0 Å². The molecule has 1 aromatic heterocycles. The molecule has 110 valence electrons. The largest absolute Gasteiger partial charge is 0.493 e. The standard InChI is InChI=1S/C15H17N3OS2/c1-19-13-8-5-9-16-14(13)18-15(20)17-10-11-21-12-6-3-2-4-7-12/h2-9H,10-11H2,1H3,(H2,16,17,18,20). The minimum absolute atomic E-state index is 0.542. The van der Waals surface area contributed by atoms with Crippen molar-refractivity contribution in [3.63, 3.8) is 0 Å². The molecule has 2 rings (SSSR count). The van der Waals surface area contributed by atoms with Gasteiger partial charge in [-0.05, 0) is 36.5 Å². The molecular weight excluding hydrogens is 302 g/mol. The Bertz CT molecular complexity index is 578. The van der Waals surface area contributed by atoms with E-state index in [1.807, 2.05) is 30.3 Å². The van der Waals surface area contributed by atoms with Crippen LogP contribution in [-0.2, 0) is 0 Å². The average molecular weight is 319 g/mol. The van der Waals surface area contributed by atoms with E-state index in [1.54, 1.807) is 25.1 Å². The Morgan fingerprint density at radius 2 is 2.05 bits per heavy atom. The minimum atomic E-state index is 0.542. The first-order chi connectivity index (χ1) is 10.3. The lowest BCUT2D eigenvalue weighted by molar-refractivity contribution is 0.415. The predicted molar refractivity (Wildman–Crippen MR) is 92.2 cm³/mol. The van der Waals surface area contributed by atoms with Crippen LogP contribution >= 0.6 is 24.0 Å². The molecule has 0 saturated carbocycles. The van der Waals surface area contributed by atoms with Crippen LogP contribution in [0.15, 0.2) is 53.6 Å². The number of hydrogen-bond acceptors (Lipinski definition) is 4. The highest BCUT2D eigenvalue weighted by Crippen LogP contribution is 2.19. The molecule has 0 aliphatic carbocycles. The van der Waals surface area contributed by atoms with Crippen molar-refractivity contribution in [1.29, 1.82) is 0 Å². The first-order valence-corrected chi connectivity index (χ1v) is 7.90. The summed E-state index contributed by atoms with van der Waals surface area (Å²) in [5.74, 6) is 2.22. The number of aromatic nitrogens is 1. The summed E-state index contributed by atoms with van der Waals surface area (Å²) in [6.45, 7) is 0.778. The van der Waals surface area contributed by atoms with E-state index < -0.39 is 0 Å². The second-order valence-electron chi connectivity index (χ2n) is 4.10. The van der Waals surface area contributed by atoms with E-state index in [0.717, 1.165) is 12.3 Å². The van der Waals surface area contributed by atoms with Gasteiger partial charge in [0.2, 0.25) is 0 Å². The maximum Gasteiger partial charge on any atom is 0.174 e. The summed E-state index contributed by atoms with van der Waals surface area (Å²) in [5, 5.41) is 6.73. The van der Waals surface area contributed by atoms with Crippen molar-refractivity contribution in [1.82, 2.24) is 10.3 Å². The predicted octanol–water partition coefficient (Wildman–Crippen LogP) is 3.17. The van der Waals surface area contributed by atoms with Gasteiger partial charge >= 0.3 is 0 Å². The number of anilines is 1. The number of hydrogen-bond donors (Lipinski definition) is 2. The molecule has 2 N–H and O–H groups in total. The van der Waals surface area contributed by atoms with Gasteiger partial charge in [-0.15, -0.1) is 11.8 Å². The Hall–Kier alpha value is -1.79. The zero-order valence-corrected chi connectivity index (χ0v) is 13.3. The van der Waals surface area contributed by atoms with Crippen LogP contribution in [0.5, 0.6) is 5.75 Å². The number of thioether (sulfide) groups is 1. The zero-order valence-electron chi connectivity index (χ0n) is 11.7. The van der Waals surface area contributed by atoms with Crippen molar-refractivity contribution in [2.75, 3.05) is 24.7 Å². The van der Waals surface area contributed by atoms with Crippen LogP contribution in [0.3, 0.4) is 0 Å². The lowest BCUT2D eigenvalue weighted by Gasteiger charge is -2.12. The van der Waals surface area contributed by atoms with Gasteiger partial charge in [-0.3, -0.25) is 0 Å². The highest BCUT2D eigenvalue weighted by Gasteiger charge is 2.04. The van der Waals surface area contributed by atoms with Crippen LogP contribution in [0.4, 0.5) is 5.82 Å². The molecule has 0 unspecified atom stereocenters. The van der Waals surface area contributed by atoms with Gasteiger partial charge < -0.3 is 15.4 Å². The second-order valence-corrected chi connectivity index (χ2v) is 5.67. The van der Waals surface area contributed by atoms with Crippen LogP contribution in [0, 0.1) is 0 Å². The first-order valence-electron chi connectivity index (χ1n) is 6.51. The summed E-state index contributed by atoms with van der Waals surface area (Å²) in [6, 6.07) is 13.9. The Morgan fingerprint density at radius 3 is 2.81 bits per heavy atom. The lowest BCUT2D eigenvalue weighted by Crippen LogP contribution is -2.30. The van der Waals surface area contributed by atoms with Gasteiger partial charge in [-0.2, -0.15) is 0 Å². The fraction of sp³-hybridized carbons (Fsp3) is 0.200. The maximum absolute atomic E-state index is 5.25. The molecule has 1 heterocycles. The number of nitrogens with one attached hydrogen (secondary N) is 2. The monoisotopic (exact) mass is 319 g/mol. The number of pyridine rings is 1. The number of rotatable bonds is 6. The molecule has 1 aromatic carbocycles. The van der Waals surface area contributed by atoms with Gasteiger partial charge in [0.25, 0.3) is 0 Å². The molecule has 0 saturated heterocycles. The third kappa shape index (κ3) is 5.24. The summed E-state index contributed by atoms with van der Waals surface area (Å²) in [6.07, 6.45) is 1.69. The van der Waals surface area contributed by atoms with Crippen LogP contribution in [-0.4, -0.2) is 29.5 Å². The second kappa shape index (κ2) is 8.49. The van der Waals surface area contributed by atoms with Crippen molar-refractivity contribution in [2.24, 2.45) is 0 Å². The highest BCUT2D eigenvalue weighted by molar-refractivity contribution is 7.99. The van der Waals surface area contributed by atoms with Crippen molar-refractivity contribution < 1.29 is 4.74 Å². The first kappa shape index (κ1) is 15.6. The maximum atomic E-state index is 5.25. The molecule has 21 heavy (non-hydrogen) atoms. The summed E-state index contributed by atoms with van der Waals surface area (Å²) in [5.41, 5.74) is 0. The highest BCUT2D eigenvalue weighted by atomic mass is 32.2. The van der Waals surface area contributed by atoms with E-state index in [9.17, 15) is 0 Å². The number of thiocarbonyl (C=S) groups is 1. The molecule has 6 heteroatoms. The third-order valence-electron chi connectivity index (χ3n) is 2.62. The van der Waals surface area contributed by atoms with Crippen molar-refractivity contribution in [3.8, 4) is 5.75 Å². The Kier molecular flexibility index (Phi) is 6.30. The van der Waals surface area contributed by atoms with Crippen molar-refractivity contribution in [2.45, 2.75) is 4.90 Å². The Balaban J connectivity index is 1.72. The van der Waals surface area contributed by atoms with Crippen molar-refractivity contribution >= 4 is 34.9 Å². The molecule has 0 amide bonds. The molecular formula is C15H17N3OS2. The quantitative estimate of drug-likeness (QED) is 0.484. The van der Waals surface area contributed by atoms with Gasteiger partial charge in [0, 0.05) is 23.4 Å². The minimum Gasteiger partial charge on any atom is -0.493 e. The van der Waals surface area contributed by atoms with E-state index in [2.05, 4.69) is 27.8 Å². The number of nitrogens with zero attached hydrogens (tertiary/aromatic N) is 1. The van der Waals surface area contributed by atoms with Gasteiger partial charge in [0.15, 0.2) is 16.7 Å². The summed E-state index contributed by atoms with van der Waals surface area (Å²) >= 11 is 7.03. The zero-order chi connectivity index (χ0) is 14.9. The molecule has 4 nitrogen and oxygen atoms in total. The van der Waals surface area contributed by atoms with E-state index in [1.165, 1.54) is 4.90 Å². The summed E-state index contributed by atoms with van der Waals surface area (Å²) in [7, 11) is 1.61. The number of methoxy groups -OCH3 is 1. The van der Waals surface area contributed by atoms with Crippen LogP contribution in [0.1, 0.15) is 0 Å². The third-order valence-corrected chi connectivity index (χ3v) is 3.88. The number of ether oxygens (including phenoxy) is 1. The van der Waals surface area contributed by atoms with E-state index in [-0.39, 0.29) is 0 Å².